The molecule has 2 rings (SSSR count). The first kappa shape index (κ1) is 12.9. The lowest BCUT2D eigenvalue weighted by atomic mass is 9.98. The highest BCUT2D eigenvalue weighted by atomic mass is 16.3. The van der Waals surface area contributed by atoms with Gasteiger partial charge in [0.25, 0.3) is 0 Å². The van der Waals surface area contributed by atoms with Crippen molar-refractivity contribution in [3.63, 3.8) is 0 Å². The predicted molar refractivity (Wildman–Crippen MR) is 70.3 cm³/mol. The van der Waals surface area contributed by atoms with Crippen LogP contribution in [0, 0.1) is 5.92 Å². The number of hydrogen-bond acceptors (Lipinski definition) is 3. The highest BCUT2D eigenvalue weighted by Gasteiger charge is 2.22. The summed E-state index contributed by atoms with van der Waals surface area (Å²) in [5, 5.41) is 15.7. The van der Waals surface area contributed by atoms with Crippen molar-refractivity contribution in [1.29, 1.82) is 0 Å². The van der Waals surface area contributed by atoms with Gasteiger partial charge in [0, 0.05) is 6.54 Å². The van der Waals surface area contributed by atoms with E-state index in [9.17, 15) is 9.90 Å². The molecule has 0 spiro atoms. The van der Waals surface area contributed by atoms with Crippen LogP contribution in [0.3, 0.4) is 0 Å². The molecule has 1 saturated heterocycles. The Morgan fingerprint density at radius 1 is 1.56 bits per heavy atom. The van der Waals surface area contributed by atoms with Crippen LogP contribution in [0.5, 0.6) is 5.75 Å². The molecule has 0 aromatic heterocycles. The summed E-state index contributed by atoms with van der Waals surface area (Å²) in [4.78, 5) is 12.1. The zero-order valence-electron chi connectivity index (χ0n) is 10.6. The molecule has 1 aromatic carbocycles. The van der Waals surface area contributed by atoms with E-state index in [2.05, 4.69) is 10.6 Å². The average molecular weight is 248 g/mol. The Kier molecular flexibility index (Phi) is 4.20. The summed E-state index contributed by atoms with van der Waals surface area (Å²) in [6.07, 6.45) is 2.00. The summed E-state index contributed by atoms with van der Waals surface area (Å²) < 4.78 is 0. The quantitative estimate of drug-likeness (QED) is 0.761. The number of benzene rings is 1. The monoisotopic (exact) mass is 248 g/mol. The molecule has 4 heteroatoms. The minimum atomic E-state index is -0.0773. The molecule has 2 atom stereocenters. The van der Waals surface area contributed by atoms with E-state index in [1.165, 1.54) is 0 Å². The molecule has 3 N–H and O–H groups in total. The fourth-order valence-corrected chi connectivity index (χ4v) is 2.28. The van der Waals surface area contributed by atoms with Crippen LogP contribution in [0.2, 0.25) is 0 Å². The Hall–Kier alpha value is -1.55. The van der Waals surface area contributed by atoms with Crippen molar-refractivity contribution in [2.24, 2.45) is 5.92 Å². The van der Waals surface area contributed by atoms with Crippen molar-refractivity contribution in [3.8, 4) is 5.75 Å². The number of carbonyl (C=O) groups excluding carboxylic acids is 1. The Morgan fingerprint density at radius 2 is 2.39 bits per heavy atom. The van der Waals surface area contributed by atoms with Gasteiger partial charge in [-0.15, -0.1) is 0 Å². The first-order valence-electron chi connectivity index (χ1n) is 6.47. The van der Waals surface area contributed by atoms with E-state index >= 15 is 0 Å². The molecule has 0 radical (unpaired) electrons. The lowest BCUT2D eigenvalue weighted by molar-refractivity contribution is -0.126. The minimum absolute atomic E-state index is 0.0681. The molecule has 18 heavy (non-hydrogen) atoms. The molecule has 98 valence electrons. The first-order chi connectivity index (χ1) is 8.66. The van der Waals surface area contributed by atoms with Gasteiger partial charge in [0.1, 0.15) is 5.75 Å². The highest BCUT2D eigenvalue weighted by Crippen LogP contribution is 2.19. The van der Waals surface area contributed by atoms with Crippen LogP contribution in [-0.4, -0.2) is 24.1 Å². The fourth-order valence-electron chi connectivity index (χ4n) is 2.28. The van der Waals surface area contributed by atoms with Gasteiger partial charge in [-0.25, -0.2) is 0 Å². The van der Waals surface area contributed by atoms with Crippen molar-refractivity contribution in [1.82, 2.24) is 10.6 Å². The summed E-state index contributed by atoms with van der Waals surface area (Å²) in [5.41, 5.74) is 0.923. The molecule has 1 fully saturated rings. The van der Waals surface area contributed by atoms with Gasteiger partial charge in [-0.1, -0.05) is 12.1 Å². The van der Waals surface area contributed by atoms with E-state index in [0.29, 0.717) is 0 Å². The molecule has 1 amide bonds. The zero-order valence-corrected chi connectivity index (χ0v) is 10.6. The number of phenols is 1. The van der Waals surface area contributed by atoms with E-state index in [4.69, 9.17) is 0 Å². The van der Waals surface area contributed by atoms with Crippen molar-refractivity contribution < 1.29 is 9.90 Å². The maximum absolute atomic E-state index is 12.1. The minimum Gasteiger partial charge on any atom is -0.508 e. The molecule has 0 saturated carbocycles. The van der Waals surface area contributed by atoms with Gasteiger partial charge in [0.05, 0.1) is 12.0 Å². The van der Waals surface area contributed by atoms with Crippen LogP contribution in [0.1, 0.15) is 31.4 Å². The number of rotatable bonds is 3. The van der Waals surface area contributed by atoms with Gasteiger partial charge in [0.15, 0.2) is 0 Å². The van der Waals surface area contributed by atoms with Gasteiger partial charge < -0.3 is 15.7 Å². The number of nitrogens with one attached hydrogen (secondary N) is 2. The van der Waals surface area contributed by atoms with E-state index in [1.807, 2.05) is 13.0 Å². The Balaban J connectivity index is 1.94. The van der Waals surface area contributed by atoms with E-state index in [1.54, 1.807) is 18.2 Å². The van der Waals surface area contributed by atoms with Crippen molar-refractivity contribution in [3.05, 3.63) is 29.8 Å². The van der Waals surface area contributed by atoms with Crippen LogP contribution in [0.15, 0.2) is 24.3 Å². The molecule has 1 aliphatic rings. The average Bonchev–Trinajstić information content (AvgIpc) is 2.39. The Morgan fingerprint density at radius 3 is 3.06 bits per heavy atom. The van der Waals surface area contributed by atoms with Crippen molar-refractivity contribution >= 4 is 5.91 Å². The van der Waals surface area contributed by atoms with Crippen LogP contribution in [0.25, 0.3) is 0 Å². The maximum atomic E-state index is 12.1. The molecule has 0 bridgehead atoms. The molecule has 2 unspecified atom stereocenters. The summed E-state index contributed by atoms with van der Waals surface area (Å²) in [5.74, 6) is 0.393. The lowest BCUT2D eigenvalue weighted by Crippen LogP contribution is -2.41. The number of piperidine rings is 1. The summed E-state index contributed by atoms with van der Waals surface area (Å²) >= 11 is 0. The van der Waals surface area contributed by atoms with Crippen LogP contribution in [-0.2, 0) is 4.79 Å². The van der Waals surface area contributed by atoms with Crippen LogP contribution < -0.4 is 10.6 Å². The molecule has 1 aliphatic heterocycles. The molecular formula is C14H20N2O2. The standard InChI is InChI=1S/C14H20N2O2/c1-10(11-4-2-6-13(17)8-11)16-14(18)12-5-3-7-15-9-12/h2,4,6,8,10,12,15,17H,3,5,7,9H2,1H3,(H,16,18). The second-order valence-electron chi connectivity index (χ2n) is 4.87. The lowest BCUT2D eigenvalue weighted by Gasteiger charge is -2.24. The molecule has 1 heterocycles. The largest absolute Gasteiger partial charge is 0.508 e. The summed E-state index contributed by atoms with van der Waals surface area (Å²) in [6, 6.07) is 6.93. The molecule has 0 aliphatic carbocycles. The number of carbonyl (C=O) groups is 1. The van der Waals surface area contributed by atoms with Gasteiger partial charge in [-0.3, -0.25) is 4.79 Å². The third-order valence-electron chi connectivity index (χ3n) is 3.40. The van der Waals surface area contributed by atoms with E-state index < -0.39 is 0 Å². The molecule has 4 nitrogen and oxygen atoms in total. The summed E-state index contributed by atoms with van der Waals surface area (Å²) in [6.45, 7) is 3.70. The van der Waals surface area contributed by atoms with Crippen LogP contribution >= 0.6 is 0 Å². The van der Waals surface area contributed by atoms with Crippen LogP contribution in [0.4, 0.5) is 0 Å². The Labute approximate surface area is 107 Å². The second kappa shape index (κ2) is 5.87. The smallest absolute Gasteiger partial charge is 0.224 e. The summed E-state index contributed by atoms with van der Waals surface area (Å²) in [7, 11) is 0. The van der Waals surface area contributed by atoms with Gasteiger partial charge in [-0.2, -0.15) is 0 Å². The number of aromatic hydroxyl groups is 1. The normalized spacial score (nSPS) is 21.3. The predicted octanol–water partition coefficient (Wildman–Crippen LogP) is 1.57. The topological polar surface area (TPSA) is 61.4 Å². The SMILES string of the molecule is CC(NC(=O)C1CCCNC1)c1cccc(O)c1. The third-order valence-corrected chi connectivity index (χ3v) is 3.40. The van der Waals surface area contributed by atoms with Gasteiger partial charge in [-0.05, 0) is 44.0 Å². The van der Waals surface area contributed by atoms with Crippen molar-refractivity contribution in [2.45, 2.75) is 25.8 Å². The van der Waals surface area contributed by atoms with Crippen molar-refractivity contribution in [2.75, 3.05) is 13.1 Å². The second-order valence-corrected chi connectivity index (χ2v) is 4.87. The van der Waals surface area contributed by atoms with E-state index in [-0.39, 0.29) is 23.6 Å². The highest BCUT2D eigenvalue weighted by molar-refractivity contribution is 5.79. The van der Waals surface area contributed by atoms with E-state index in [0.717, 1.165) is 31.5 Å². The molecule has 1 aromatic rings. The van der Waals surface area contributed by atoms with Gasteiger partial charge in [0.2, 0.25) is 5.91 Å². The third kappa shape index (κ3) is 3.23. The first-order valence-corrected chi connectivity index (χ1v) is 6.47. The number of phenolic OH excluding ortho intramolecular Hbond substituents is 1. The van der Waals surface area contributed by atoms with Gasteiger partial charge >= 0.3 is 0 Å². The maximum Gasteiger partial charge on any atom is 0.224 e. The number of amides is 1. The fraction of sp³-hybridized carbons (Fsp3) is 0.500. The molecular weight excluding hydrogens is 228 g/mol. The Bertz CT molecular complexity index is 414. The number of hydrogen-bond donors (Lipinski definition) is 3. The zero-order chi connectivity index (χ0) is 13.0.